The fourth-order valence-corrected chi connectivity index (χ4v) is 0.976. The molecule has 0 spiro atoms. The third-order valence-corrected chi connectivity index (χ3v) is 1.61. The minimum absolute atomic E-state index is 0.289. The van der Waals surface area contributed by atoms with Crippen molar-refractivity contribution in [1.29, 1.82) is 0 Å². The highest BCUT2D eigenvalue weighted by atomic mass is 16.5. The van der Waals surface area contributed by atoms with Crippen LogP contribution < -0.4 is 10.1 Å². The molecule has 3 nitrogen and oxygen atoms in total. The molecule has 1 N–H and O–H groups in total. The summed E-state index contributed by atoms with van der Waals surface area (Å²) >= 11 is 0. The smallest absolute Gasteiger partial charge is 0.148 e. The van der Waals surface area contributed by atoms with Crippen molar-refractivity contribution in [2.45, 2.75) is 13.3 Å². The van der Waals surface area contributed by atoms with E-state index in [1.54, 1.807) is 12.3 Å². The fourth-order valence-electron chi connectivity index (χ4n) is 0.976. The number of rotatable bonds is 5. The number of hydrogen-bond acceptors (Lipinski definition) is 3. The highest BCUT2D eigenvalue weighted by Crippen LogP contribution is 2.13. The molecule has 0 aliphatic rings. The van der Waals surface area contributed by atoms with Crippen LogP contribution in [0.5, 0.6) is 5.75 Å². The van der Waals surface area contributed by atoms with Crippen molar-refractivity contribution < 1.29 is 4.74 Å². The predicted molar refractivity (Wildman–Crippen MR) is 57.3 cm³/mol. The summed E-state index contributed by atoms with van der Waals surface area (Å²) in [5.41, 5.74) is 0. The molecule has 14 heavy (non-hydrogen) atoms. The van der Waals surface area contributed by atoms with Crippen LogP contribution in [0.4, 0.5) is 5.82 Å². The van der Waals surface area contributed by atoms with Gasteiger partial charge in [0.25, 0.3) is 0 Å². The Bertz CT molecular complexity index is 317. The van der Waals surface area contributed by atoms with Gasteiger partial charge < -0.3 is 10.1 Å². The lowest BCUT2D eigenvalue weighted by atomic mass is 10.4. The van der Waals surface area contributed by atoms with Crippen molar-refractivity contribution in [2.75, 3.05) is 18.5 Å². The number of aromatic nitrogens is 1. The summed E-state index contributed by atoms with van der Waals surface area (Å²) in [6, 6.07) is 3.63. The van der Waals surface area contributed by atoms with Crippen LogP contribution in [0.15, 0.2) is 18.3 Å². The monoisotopic (exact) mass is 190 g/mol. The molecule has 0 unspecified atom stereocenters. The maximum absolute atomic E-state index is 5.26. The minimum Gasteiger partial charge on any atom is -0.481 e. The first-order chi connectivity index (χ1) is 6.86. The Morgan fingerprint density at radius 2 is 2.50 bits per heavy atom. The zero-order valence-corrected chi connectivity index (χ0v) is 8.29. The van der Waals surface area contributed by atoms with Crippen LogP contribution in [-0.2, 0) is 0 Å². The Balaban J connectivity index is 2.55. The lowest BCUT2D eigenvalue weighted by Crippen LogP contribution is -2.02. The van der Waals surface area contributed by atoms with E-state index in [0.29, 0.717) is 0 Å². The molecule has 0 aliphatic carbocycles. The van der Waals surface area contributed by atoms with Gasteiger partial charge in [-0.15, -0.1) is 6.42 Å². The second kappa shape index (κ2) is 5.87. The number of nitrogens with one attached hydrogen (secondary N) is 1. The van der Waals surface area contributed by atoms with E-state index in [9.17, 15) is 0 Å². The molecule has 0 radical (unpaired) electrons. The lowest BCUT2D eigenvalue weighted by molar-refractivity contribution is 0.370. The van der Waals surface area contributed by atoms with Crippen LogP contribution in [0.25, 0.3) is 0 Å². The quantitative estimate of drug-likeness (QED) is 0.720. The third kappa shape index (κ3) is 3.36. The summed E-state index contributed by atoms with van der Waals surface area (Å²) in [4.78, 5) is 4.14. The van der Waals surface area contributed by atoms with E-state index in [2.05, 4.69) is 23.1 Å². The van der Waals surface area contributed by atoms with Gasteiger partial charge in [-0.2, -0.15) is 0 Å². The highest BCUT2D eigenvalue weighted by Gasteiger charge is 1.95. The largest absolute Gasteiger partial charge is 0.481 e. The summed E-state index contributed by atoms with van der Waals surface area (Å²) in [6.45, 7) is 3.30. The Labute approximate surface area is 84.5 Å². The first-order valence-corrected chi connectivity index (χ1v) is 4.63. The Morgan fingerprint density at radius 1 is 1.64 bits per heavy atom. The first-order valence-electron chi connectivity index (χ1n) is 4.63. The number of nitrogens with zero attached hydrogens (tertiary/aromatic N) is 1. The van der Waals surface area contributed by atoms with Gasteiger partial charge in [-0.3, -0.25) is 0 Å². The predicted octanol–water partition coefficient (Wildman–Crippen LogP) is 1.92. The van der Waals surface area contributed by atoms with E-state index < -0.39 is 0 Å². The molecule has 0 aromatic carbocycles. The maximum atomic E-state index is 5.26. The standard InChI is InChI=1S/C11H14N2O/c1-3-6-12-11-9-10(5-7-13-11)14-8-4-2/h2,5,7,9H,3,6,8H2,1H3,(H,12,13). The van der Waals surface area contributed by atoms with Gasteiger partial charge in [-0.25, -0.2) is 4.98 Å². The van der Waals surface area contributed by atoms with E-state index in [4.69, 9.17) is 11.2 Å². The molecule has 1 rings (SSSR count). The topological polar surface area (TPSA) is 34.1 Å². The molecule has 74 valence electrons. The molecule has 1 aromatic heterocycles. The van der Waals surface area contributed by atoms with Crippen LogP contribution in [0.3, 0.4) is 0 Å². The van der Waals surface area contributed by atoms with Crippen LogP contribution in [0.1, 0.15) is 13.3 Å². The van der Waals surface area contributed by atoms with Crippen molar-refractivity contribution >= 4 is 5.82 Å². The third-order valence-electron chi connectivity index (χ3n) is 1.61. The number of hydrogen-bond donors (Lipinski definition) is 1. The zero-order valence-electron chi connectivity index (χ0n) is 8.29. The van der Waals surface area contributed by atoms with Gasteiger partial charge in [-0.05, 0) is 12.5 Å². The summed E-state index contributed by atoms with van der Waals surface area (Å²) in [6.07, 6.45) is 7.85. The molecule has 0 bridgehead atoms. The maximum Gasteiger partial charge on any atom is 0.148 e. The van der Waals surface area contributed by atoms with E-state index in [1.165, 1.54) is 0 Å². The van der Waals surface area contributed by atoms with Crippen LogP contribution in [-0.4, -0.2) is 18.1 Å². The minimum atomic E-state index is 0.289. The highest BCUT2D eigenvalue weighted by molar-refractivity contribution is 5.40. The number of terminal acetylenes is 1. The van der Waals surface area contributed by atoms with Crippen molar-refractivity contribution in [3.05, 3.63) is 18.3 Å². The molecule has 3 heteroatoms. The van der Waals surface area contributed by atoms with Gasteiger partial charge in [-0.1, -0.05) is 12.8 Å². The first kappa shape index (κ1) is 10.4. The second-order valence-electron chi connectivity index (χ2n) is 2.80. The van der Waals surface area contributed by atoms with Gasteiger partial charge in [0.2, 0.25) is 0 Å². The normalized spacial score (nSPS) is 9.14. The molecule has 1 aromatic rings. The van der Waals surface area contributed by atoms with Gasteiger partial charge >= 0.3 is 0 Å². The molecular formula is C11H14N2O. The molecule has 0 fully saturated rings. The van der Waals surface area contributed by atoms with E-state index >= 15 is 0 Å². The van der Waals surface area contributed by atoms with E-state index in [-0.39, 0.29) is 6.61 Å². The zero-order chi connectivity index (χ0) is 10.2. The Kier molecular flexibility index (Phi) is 4.36. The van der Waals surface area contributed by atoms with E-state index in [1.807, 2.05) is 6.07 Å². The summed E-state index contributed by atoms with van der Waals surface area (Å²) < 4.78 is 5.26. The van der Waals surface area contributed by atoms with E-state index in [0.717, 1.165) is 24.5 Å². The Morgan fingerprint density at radius 3 is 3.21 bits per heavy atom. The molecule has 0 saturated heterocycles. The average Bonchev–Trinajstić information content (AvgIpc) is 2.24. The molecule has 0 atom stereocenters. The molecule has 0 amide bonds. The van der Waals surface area contributed by atoms with Gasteiger partial charge in [0, 0.05) is 18.8 Å². The lowest BCUT2D eigenvalue weighted by Gasteiger charge is -2.06. The number of anilines is 1. The van der Waals surface area contributed by atoms with Crippen LogP contribution in [0.2, 0.25) is 0 Å². The SMILES string of the molecule is C#CCOc1ccnc(NCCC)c1. The summed E-state index contributed by atoms with van der Waals surface area (Å²) in [5.74, 6) is 3.98. The fraction of sp³-hybridized carbons (Fsp3) is 0.364. The van der Waals surface area contributed by atoms with Crippen molar-refractivity contribution in [2.24, 2.45) is 0 Å². The average molecular weight is 190 g/mol. The number of ether oxygens (including phenoxy) is 1. The van der Waals surface area contributed by atoms with Gasteiger partial charge in [0.15, 0.2) is 0 Å². The summed E-state index contributed by atoms with van der Waals surface area (Å²) in [7, 11) is 0. The van der Waals surface area contributed by atoms with Crippen molar-refractivity contribution in [1.82, 2.24) is 4.98 Å². The molecule has 1 heterocycles. The molecule has 0 saturated carbocycles. The van der Waals surface area contributed by atoms with Crippen molar-refractivity contribution in [3.8, 4) is 18.1 Å². The molecule has 0 aliphatic heterocycles. The Hall–Kier alpha value is -1.69. The van der Waals surface area contributed by atoms with Crippen LogP contribution in [0, 0.1) is 12.3 Å². The summed E-state index contributed by atoms with van der Waals surface area (Å²) in [5, 5.41) is 3.17. The van der Waals surface area contributed by atoms with Crippen molar-refractivity contribution in [3.63, 3.8) is 0 Å². The molecular weight excluding hydrogens is 176 g/mol. The van der Waals surface area contributed by atoms with Gasteiger partial charge in [0.1, 0.15) is 18.2 Å². The number of pyridine rings is 1. The van der Waals surface area contributed by atoms with Crippen LogP contribution >= 0.6 is 0 Å². The van der Waals surface area contributed by atoms with Gasteiger partial charge in [0.05, 0.1) is 0 Å². The second-order valence-corrected chi connectivity index (χ2v) is 2.80.